The smallest absolute Gasteiger partial charge is 0.0497 e. The average Bonchev–Trinajstić information content (AvgIpc) is 3.40. The van der Waals surface area contributed by atoms with Gasteiger partial charge in [0.2, 0.25) is 0 Å². The highest BCUT2D eigenvalue weighted by Gasteiger charge is 2.24. The molecule has 2 N–H and O–H groups in total. The number of allylic oxidation sites excluding steroid dienone is 5. The van der Waals surface area contributed by atoms with Crippen molar-refractivity contribution in [2.75, 3.05) is 26.2 Å². The van der Waals surface area contributed by atoms with Crippen molar-refractivity contribution >= 4 is 16.5 Å². The van der Waals surface area contributed by atoms with E-state index in [9.17, 15) is 0 Å². The lowest BCUT2D eigenvalue weighted by Crippen LogP contribution is -2.41. The Kier molecular flexibility index (Phi) is 7.14. The molecule has 2 fully saturated rings. The number of hydrogen-bond donors (Lipinski definition) is 2. The van der Waals surface area contributed by atoms with Gasteiger partial charge in [0.05, 0.1) is 0 Å². The molecule has 2 saturated heterocycles. The molecule has 0 unspecified atom stereocenters. The number of hydrogen-bond acceptors (Lipinski definition) is 2. The molecule has 0 aliphatic carbocycles. The summed E-state index contributed by atoms with van der Waals surface area (Å²) in [7, 11) is 0. The van der Waals surface area contributed by atoms with Crippen LogP contribution in [0, 0.1) is 0 Å². The maximum absolute atomic E-state index is 4.09. The first kappa shape index (κ1) is 22.1. The van der Waals surface area contributed by atoms with Crippen LogP contribution in [0.2, 0.25) is 0 Å². The van der Waals surface area contributed by atoms with Gasteiger partial charge in [0.15, 0.2) is 0 Å². The van der Waals surface area contributed by atoms with E-state index in [0.29, 0.717) is 5.92 Å². The molecule has 3 heteroatoms. The average molecular weight is 418 g/mol. The van der Waals surface area contributed by atoms with Crippen LogP contribution >= 0.6 is 0 Å². The molecular weight excluding hydrogens is 378 g/mol. The van der Waals surface area contributed by atoms with E-state index in [4.69, 9.17) is 0 Å². The molecule has 0 bridgehead atoms. The SMILES string of the molecule is C=C(C)/C=C(\C=C/C)c1[nH]c2ccc(C3CCN(C[C@@H]4CCCN4)CC3)cc2c1CC. The van der Waals surface area contributed by atoms with E-state index in [0.717, 1.165) is 18.0 Å². The first-order chi connectivity index (χ1) is 15.1. The van der Waals surface area contributed by atoms with Crippen LogP contribution in [-0.4, -0.2) is 42.1 Å². The molecule has 0 saturated carbocycles. The first-order valence-electron chi connectivity index (χ1n) is 12.2. The van der Waals surface area contributed by atoms with E-state index in [-0.39, 0.29) is 0 Å². The minimum Gasteiger partial charge on any atom is -0.354 e. The number of nitrogens with zero attached hydrogens (tertiary/aromatic N) is 1. The van der Waals surface area contributed by atoms with Crippen LogP contribution in [0.1, 0.15) is 69.2 Å². The van der Waals surface area contributed by atoms with Crippen LogP contribution in [0.5, 0.6) is 0 Å². The van der Waals surface area contributed by atoms with Gasteiger partial charge in [-0.1, -0.05) is 43.4 Å². The van der Waals surface area contributed by atoms with E-state index in [1.165, 1.54) is 85.2 Å². The highest BCUT2D eigenvalue weighted by atomic mass is 15.2. The normalized spacial score (nSPS) is 21.5. The number of aromatic nitrogens is 1. The van der Waals surface area contributed by atoms with Gasteiger partial charge in [-0.3, -0.25) is 0 Å². The largest absolute Gasteiger partial charge is 0.354 e. The summed E-state index contributed by atoms with van der Waals surface area (Å²) in [6.07, 6.45) is 12.7. The predicted octanol–water partition coefficient (Wildman–Crippen LogP) is 6.20. The third-order valence-corrected chi connectivity index (χ3v) is 7.02. The number of likely N-dealkylation sites (tertiary alicyclic amines) is 1. The van der Waals surface area contributed by atoms with Crippen molar-refractivity contribution in [2.24, 2.45) is 0 Å². The second-order valence-corrected chi connectivity index (χ2v) is 9.45. The van der Waals surface area contributed by atoms with Gasteiger partial charge in [-0.25, -0.2) is 0 Å². The van der Waals surface area contributed by atoms with Crippen LogP contribution in [0.25, 0.3) is 16.5 Å². The van der Waals surface area contributed by atoms with Crippen molar-refractivity contribution < 1.29 is 0 Å². The number of nitrogens with one attached hydrogen (secondary N) is 2. The minimum absolute atomic E-state index is 0.682. The number of benzene rings is 1. The van der Waals surface area contributed by atoms with E-state index < -0.39 is 0 Å². The predicted molar refractivity (Wildman–Crippen MR) is 135 cm³/mol. The minimum atomic E-state index is 0.682. The zero-order valence-electron chi connectivity index (χ0n) is 19.6. The summed E-state index contributed by atoms with van der Waals surface area (Å²) in [5.41, 5.74) is 7.73. The Balaban J connectivity index is 1.55. The van der Waals surface area contributed by atoms with Crippen molar-refractivity contribution in [3.63, 3.8) is 0 Å². The number of H-pyrrole nitrogens is 1. The van der Waals surface area contributed by atoms with Gasteiger partial charge < -0.3 is 15.2 Å². The Morgan fingerprint density at radius 1 is 1.23 bits per heavy atom. The molecule has 0 amide bonds. The van der Waals surface area contributed by atoms with Gasteiger partial charge in [-0.2, -0.15) is 0 Å². The molecule has 3 heterocycles. The molecule has 4 rings (SSSR count). The van der Waals surface area contributed by atoms with Gasteiger partial charge >= 0.3 is 0 Å². The quantitative estimate of drug-likeness (QED) is 0.526. The molecule has 0 spiro atoms. The lowest BCUT2D eigenvalue weighted by atomic mass is 9.88. The maximum atomic E-state index is 4.09. The van der Waals surface area contributed by atoms with Crippen LogP contribution in [-0.2, 0) is 6.42 Å². The number of rotatable bonds is 7. The second kappa shape index (κ2) is 10.0. The summed E-state index contributed by atoms with van der Waals surface area (Å²) in [6, 6.07) is 7.85. The Morgan fingerprint density at radius 3 is 2.68 bits per heavy atom. The summed E-state index contributed by atoms with van der Waals surface area (Å²) < 4.78 is 0. The molecule has 2 aliphatic rings. The molecule has 0 radical (unpaired) electrons. The zero-order valence-corrected chi connectivity index (χ0v) is 19.6. The van der Waals surface area contributed by atoms with E-state index >= 15 is 0 Å². The highest BCUT2D eigenvalue weighted by molar-refractivity contribution is 5.92. The van der Waals surface area contributed by atoms with Gasteiger partial charge in [-0.05, 0) is 100 Å². The third-order valence-electron chi connectivity index (χ3n) is 7.02. The van der Waals surface area contributed by atoms with Gasteiger partial charge in [0.1, 0.15) is 0 Å². The molecule has 3 nitrogen and oxygen atoms in total. The molecule has 2 aliphatic heterocycles. The Labute approximate surface area is 188 Å². The fourth-order valence-corrected chi connectivity index (χ4v) is 5.45. The first-order valence-corrected chi connectivity index (χ1v) is 12.2. The van der Waals surface area contributed by atoms with Crippen molar-refractivity contribution in [1.29, 1.82) is 0 Å². The summed E-state index contributed by atoms with van der Waals surface area (Å²) in [5.74, 6) is 0.682. The van der Waals surface area contributed by atoms with Crippen LogP contribution in [0.3, 0.4) is 0 Å². The molecular formula is C28H39N3. The van der Waals surface area contributed by atoms with Crippen LogP contribution < -0.4 is 5.32 Å². The zero-order chi connectivity index (χ0) is 21.8. The fraction of sp³-hybridized carbons (Fsp3) is 0.500. The number of piperidine rings is 1. The van der Waals surface area contributed by atoms with Crippen molar-refractivity contribution in [3.05, 3.63) is 65.4 Å². The van der Waals surface area contributed by atoms with E-state index in [2.05, 4.69) is 79.0 Å². The topological polar surface area (TPSA) is 31.1 Å². The number of aryl methyl sites for hydroxylation is 1. The maximum Gasteiger partial charge on any atom is 0.0497 e. The van der Waals surface area contributed by atoms with Gasteiger partial charge in [0.25, 0.3) is 0 Å². The molecule has 31 heavy (non-hydrogen) atoms. The Hall–Kier alpha value is -2.10. The summed E-state index contributed by atoms with van der Waals surface area (Å²) in [6.45, 7) is 15.4. The van der Waals surface area contributed by atoms with Gasteiger partial charge in [0, 0.05) is 29.2 Å². The molecule has 1 atom stereocenters. The monoisotopic (exact) mass is 417 g/mol. The lowest BCUT2D eigenvalue weighted by Gasteiger charge is -2.33. The third kappa shape index (κ3) is 5.05. The summed E-state index contributed by atoms with van der Waals surface area (Å²) in [5, 5.41) is 5.04. The fourth-order valence-electron chi connectivity index (χ4n) is 5.45. The van der Waals surface area contributed by atoms with Crippen molar-refractivity contribution in [1.82, 2.24) is 15.2 Å². The number of fused-ring (bicyclic) bond motifs is 1. The Bertz CT molecular complexity index is 964. The van der Waals surface area contributed by atoms with E-state index in [1.807, 2.05) is 0 Å². The van der Waals surface area contributed by atoms with Crippen LogP contribution in [0.4, 0.5) is 0 Å². The highest BCUT2D eigenvalue weighted by Crippen LogP contribution is 2.34. The number of aromatic amines is 1. The van der Waals surface area contributed by atoms with Crippen LogP contribution in [0.15, 0.2) is 48.6 Å². The van der Waals surface area contributed by atoms with Crippen molar-refractivity contribution in [3.8, 4) is 0 Å². The lowest BCUT2D eigenvalue weighted by molar-refractivity contribution is 0.196. The Morgan fingerprint density at radius 2 is 2.03 bits per heavy atom. The molecule has 166 valence electrons. The summed E-state index contributed by atoms with van der Waals surface area (Å²) >= 11 is 0. The molecule has 1 aromatic carbocycles. The molecule has 1 aromatic heterocycles. The standard InChI is InChI=1S/C28H39N3/c1-5-8-23(17-20(3)4)28-25(6-2)26-18-22(10-11-27(26)30-28)21-12-15-31(16-13-21)19-24-9-7-14-29-24/h5,8,10-11,17-18,21,24,29-30H,3,6-7,9,12-16,19H2,1-2,4H3/b8-5-,23-17+/t24-/m0/s1. The van der Waals surface area contributed by atoms with Gasteiger partial charge in [-0.15, -0.1) is 0 Å². The van der Waals surface area contributed by atoms with Crippen molar-refractivity contribution in [2.45, 2.75) is 64.8 Å². The molecule has 2 aromatic rings. The summed E-state index contributed by atoms with van der Waals surface area (Å²) in [4.78, 5) is 6.38. The second-order valence-electron chi connectivity index (χ2n) is 9.45. The van der Waals surface area contributed by atoms with E-state index in [1.54, 1.807) is 0 Å².